The molecule has 4 nitrogen and oxygen atoms in total. The van der Waals surface area contributed by atoms with Gasteiger partial charge in [0.1, 0.15) is 6.04 Å². The van der Waals surface area contributed by atoms with E-state index in [4.69, 9.17) is 4.74 Å². The summed E-state index contributed by atoms with van der Waals surface area (Å²) in [6.45, 7) is 11.7. The molecule has 0 aromatic heterocycles. The van der Waals surface area contributed by atoms with E-state index in [0.717, 1.165) is 32.0 Å². The van der Waals surface area contributed by atoms with E-state index >= 15 is 0 Å². The molecule has 1 N–H and O–H groups in total. The maximum absolute atomic E-state index is 12.0. The highest BCUT2D eigenvalue weighted by Gasteiger charge is 2.28. The highest BCUT2D eigenvalue weighted by atomic mass is 16.5. The molecule has 4 heteroatoms. The van der Waals surface area contributed by atoms with E-state index in [-0.39, 0.29) is 12.0 Å². The number of carbonyl (C=O) groups excluding carboxylic acids is 1. The third-order valence-corrected chi connectivity index (χ3v) is 3.90. The molecular weight excluding hydrogens is 240 g/mol. The van der Waals surface area contributed by atoms with Crippen molar-refractivity contribution in [3.8, 4) is 0 Å². The molecule has 0 amide bonds. The van der Waals surface area contributed by atoms with Crippen LogP contribution in [-0.4, -0.2) is 49.2 Å². The smallest absolute Gasteiger partial charge is 0.324 e. The molecule has 3 atom stereocenters. The van der Waals surface area contributed by atoms with Gasteiger partial charge in [-0.25, -0.2) is 0 Å². The molecule has 112 valence electrons. The molecule has 1 aliphatic heterocycles. The number of hydrogen-bond donors (Lipinski definition) is 1. The van der Waals surface area contributed by atoms with Crippen molar-refractivity contribution in [2.75, 3.05) is 26.2 Å². The summed E-state index contributed by atoms with van der Waals surface area (Å²) in [6, 6.07) is 0.375. The van der Waals surface area contributed by atoms with Gasteiger partial charge in [-0.2, -0.15) is 0 Å². The normalized spacial score (nSPS) is 26.1. The van der Waals surface area contributed by atoms with Crippen molar-refractivity contribution in [1.29, 1.82) is 0 Å². The Kier molecular flexibility index (Phi) is 7.39. The SMILES string of the molecule is CCCNC(CN1CCC(C)CC1C)C(=O)OCC. The van der Waals surface area contributed by atoms with Gasteiger partial charge in [-0.1, -0.05) is 13.8 Å². The topological polar surface area (TPSA) is 41.6 Å². The van der Waals surface area contributed by atoms with E-state index in [2.05, 4.69) is 31.0 Å². The number of rotatable bonds is 7. The van der Waals surface area contributed by atoms with Crippen LogP contribution in [0.5, 0.6) is 0 Å². The standard InChI is InChI=1S/C15H30N2O2/c1-5-8-16-14(15(18)19-6-2)11-17-9-7-12(3)10-13(17)4/h12-14,16H,5-11H2,1-4H3. The second-order valence-electron chi connectivity index (χ2n) is 5.73. The molecule has 1 aliphatic rings. The van der Waals surface area contributed by atoms with Crippen LogP contribution >= 0.6 is 0 Å². The van der Waals surface area contributed by atoms with Gasteiger partial charge in [0, 0.05) is 12.6 Å². The first kappa shape index (κ1) is 16.4. The molecular formula is C15H30N2O2. The lowest BCUT2D eigenvalue weighted by Crippen LogP contribution is -2.51. The summed E-state index contributed by atoms with van der Waals surface area (Å²) >= 11 is 0. The summed E-state index contributed by atoms with van der Waals surface area (Å²) < 4.78 is 5.17. The lowest BCUT2D eigenvalue weighted by molar-refractivity contribution is -0.146. The Bertz CT molecular complexity index is 271. The van der Waals surface area contributed by atoms with E-state index in [1.165, 1.54) is 12.8 Å². The Morgan fingerprint density at radius 2 is 2.16 bits per heavy atom. The monoisotopic (exact) mass is 270 g/mol. The summed E-state index contributed by atoms with van der Waals surface area (Å²) in [5.41, 5.74) is 0. The zero-order valence-corrected chi connectivity index (χ0v) is 12.9. The Morgan fingerprint density at radius 1 is 1.42 bits per heavy atom. The van der Waals surface area contributed by atoms with Crippen LogP contribution in [0.4, 0.5) is 0 Å². The highest BCUT2D eigenvalue weighted by molar-refractivity contribution is 5.76. The number of esters is 1. The zero-order chi connectivity index (χ0) is 14.3. The molecule has 3 unspecified atom stereocenters. The molecule has 0 radical (unpaired) electrons. The fraction of sp³-hybridized carbons (Fsp3) is 0.933. The average Bonchev–Trinajstić information content (AvgIpc) is 2.37. The minimum atomic E-state index is -0.184. The Hall–Kier alpha value is -0.610. The summed E-state index contributed by atoms with van der Waals surface area (Å²) in [7, 11) is 0. The van der Waals surface area contributed by atoms with E-state index in [1.54, 1.807) is 0 Å². The van der Waals surface area contributed by atoms with Gasteiger partial charge in [-0.3, -0.25) is 9.69 Å². The molecule has 0 aromatic carbocycles. The molecule has 1 fully saturated rings. The predicted octanol–water partition coefficient (Wildman–Crippen LogP) is 2.04. The first-order valence-corrected chi connectivity index (χ1v) is 7.72. The van der Waals surface area contributed by atoms with E-state index in [9.17, 15) is 4.79 Å². The van der Waals surface area contributed by atoms with Crippen molar-refractivity contribution in [1.82, 2.24) is 10.2 Å². The third kappa shape index (κ3) is 5.49. The molecule has 0 bridgehead atoms. The summed E-state index contributed by atoms with van der Waals surface area (Å²) in [5, 5.41) is 3.32. The first-order valence-electron chi connectivity index (χ1n) is 7.72. The van der Waals surface area contributed by atoms with Crippen LogP contribution in [-0.2, 0) is 9.53 Å². The third-order valence-electron chi connectivity index (χ3n) is 3.90. The second-order valence-corrected chi connectivity index (χ2v) is 5.73. The minimum Gasteiger partial charge on any atom is -0.465 e. The molecule has 0 aromatic rings. The lowest BCUT2D eigenvalue weighted by Gasteiger charge is -2.38. The van der Waals surface area contributed by atoms with Gasteiger partial charge in [0.2, 0.25) is 0 Å². The van der Waals surface area contributed by atoms with Crippen LogP contribution in [0.2, 0.25) is 0 Å². The minimum absolute atomic E-state index is 0.109. The van der Waals surface area contributed by atoms with Crippen molar-refractivity contribution in [3.63, 3.8) is 0 Å². The van der Waals surface area contributed by atoms with Crippen LogP contribution in [0.25, 0.3) is 0 Å². The Balaban J connectivity index is 2.52. The van der Waals surface area contributed by atoms with Crippen LogP contribution < -0.4 is 5.32 Å². The zero-order valence-electron chi connectivity index (χ0n) is 12.9. The van der Waals surface area contributed by atoms with Crippen LogP contribution in [0.3, 0.4) is 0 Å². The Labute approximate surface area is 117 Å². The molecule has 19 heavy (non-hydrogen) atoms. The quantitative estimate of drug-likeness (QED) is 0.719. The highest BCUT2D eigenvalue weighted by Crippen LogP contribution is 2.22. The Morgan fingerprint density at radius 3 is 2.74 bits per heavy atom. The van der Waals surface area contributed by atoms with Gasteiger partial charge >= 0.3 is 5.97 Å². The molecule has 1 heterocycles. The van der Waals surface area contributed by atoms with Crippen molar-refractivity contribution in [2.24, 2.45) is 5.92 Å². The first-order chi connectivity index (χ1) is 9.08. The molecule has 1 rings (SSSR count). The largest absolute Gasteiger partial charge is 0.465 e. The predicted molar refractivity (Wildman–Crippen MR) is 78.1 cm³/mol. The molecule has 1 saturated heterocycles. The van der Waals surface area contributed by atoms with Gasteiger partial charge in [-0.05, 0) is 52.1 Å². The fourth-order valence-electron chi connectivity index (χ4n) is 2.75. The van der Waals surface area contributed by atoms with Crippen LogP contribution in [0, 0.1) is 5.92 Å². The van der Waals surface area contributed by atoms with Gasteiger partial charge in [0.05, 0.1) is 6.61 Å². The fourth-order valence-corrected chi connectivity index (χ4v) is 2.75. The summed E-state index contributed by atoms with van der Waals surface area (Å²) in [4.78, 5) is 14.4. The number of likely N-dealkylation sites (tertiary alicyclic amines) is 1. The van der Waals surface area contributed by atoms with E-state index in [1.807, 2.05) is 6.92 Å². The van der Waals surface area contributed by atoms with Gasteiger partial charge in [0.25, 0.3) is 0 Å². The van der Waals surface area contributed by atoms with Gasteiger partial charge in [-0.15, -0.1) is 0 Å². The van der Waals surface area contributed by atoms with Crippen molar-refractivity contribution in [2.45, 2.75) is 59.0 Å². The number of carbonyl (C=O) groups is 1. The van der Waals surface area contributed by atoms with E-state index in [0.29, 0.717) is 12.6 Å². The number of piperidine rings is 1. The summed E-state index contributed by atoms with van der Waals surface area (Å²) in [5.74, 6) is 0.692. The van der Waals surface area contributed by atoms with Crippen molar-refractivity contribution in [3.05, 3.63) is 0 Å². The number of nitrogens with zero attached hydrogens (tertiary/aromatic N) is 1. The molecule has 0 spiro atoms. The van der Waals surface area contributed by atoms with E-state index < -0.39 is 0 Å². The molecule has 0 aliphatic carbocycles. The van der Waals surface area contributed by atoms with Gasteiger partial charge in [0.15, 0.2) is 0 Å². The number of hydrogen-bond acceptors (Lipinski definition) is 4. The maximum atomic E-state index is 12.0. The maximum Gasteiger partial charge on any atom is 0.324 e. The summed E-state index contributed by atoms with van der Waals surface area (Å²) in [6.07, 6.45) is 3.49. The van der Waals surface area contributed by atoms with Crippen molar-refractivity contribution >= 4 is 5.97 Å². The van der Waals surface area contributed by atoms with Crippen LogP contribution in [0.1, 0.15) is 47.0 Å². The van der Waals surface area contributed by atoms with Crippen molar-refractivity contribution < 1.29 is 9.53 Å². The lowest BCUT2D eigenvalue weighted by atomic mass is 9.93. The van der Waals surface area contributed by atoms with Gasteiger partial charge < -0.3 is 10.1 Å². The van der Waals surface area contributed by atoms with Crippen LogP contribution in [0.15, 0.2) is 0 Å². The number of ether oxygens (including phenoxy) is 1. The molecule has 0 saturated carbocycles. The second kappa shape index (κ2) is 8.54. The number of nitrogens with one attached hydrogen (secondary N) is 1. The average molecular weight is 270 g/mol.